The summed E-state index contributed by atoms with van der Waals surface area (Å²) in [6.07, 6.45) is 5.54. The van der Waals surface area contributed by atoms with Gasteiger partial charge in [-0.05, 0) is 51.7 Å². The van der Waals surface area contributed by atoms with Gasteiger partial charge in [0.15, 0.2) is 6.10 Å². The van der Waals surface area contributed by atoms with Crippen LogP contribution in [0.5, 0.6) is 0 Å². The molecule has 4 N–H and O–H groups in total. The number of rotatable bonds is 10. The van der Waals surface area contributed by atoms with Crippen LogP contribution in [0.15, 0.2) is 36.0 Å². The number of esters is 2. The number of nitrogens with one attached hydrogen (secondary N) is 1. The third kappa shape index (κ3) is 11.7. The van der Waals surface area contributed by atoms with E-state index in [1.165, 1.54) is 6.92 Å². The molecule has 47 heavy (non-hydrogen) atoms. The number of amides is 1. The molecule has 1 amide bonds. The second-order valence-electron chi connectivity index (χ2n) is 13.8. The molecule has 0 aromatic heterocycles. The normalized spacial score (nSPS) is 34.2. The molecular weight excluding hydrogens is 608 g/mol. The van der Waals surface area contributed by atoms with Crippen molar-refractivity contribution >= 4 is 18.0 Å². The summed E-state index contributed by atoms with van der Waals surface area (Å²) in [4.78, 5) is 39.9. The van der Waals surface area contributed by atoms with Crippen molar-refractivity contribution in [2.45, 2.75) is 128 Å². The van der Waals surface area contributed by atoms with Gasteiger partial charge in [0.05, 0.1) is 36.4 Å². The third-order valence-corrected chi connectivity index (χ3v) is 9.33. The monoisotopic (exact) mass is 664 g/mol. The van der Waals surface area contributed by atoms with Crippen LogP contribution in [0.25, 0.3) is 0 Å². The molecule has 12 nitrogen and oxygen atoms in total. The standard InChI is InChI=1S/C35H56N2O10/c1-8-27(40)24(4)32-28(44-32)21-34(6,43)14-9-10-22(2)31-23(3)11-12-29(45-33(42)37-18-16-36-17-19-37)35(7,47-25(5)38)15-13-26(39)20-30(41)46-31/h9-12,14,23-24,26-29,31-32,36,39-40,43H,8,13,15-21H2,1-7H3/b12-11+,14-9+,22-10+/t23-,24?,26+,27?,28-,29-,31+,32-,34?,35+/m0/s1. The van der Waals surface area contributed by atoms with Crippen LogP contribution in [0, 0.1) is 11.8 Å². The van der Waals surface area contributed by atoms with Gasteiger partial charge in [-0.1, -0.05) is 45.1 Å². The molecule has 3 aliphatic rings. The Morgan fingerprint density at radius 3 is 2.57 bits per heavy atom. The van der Waals surface area contributed by atoms with E-state index < -0.39 is 59.6 Å². The molecule has 3 aliphatic heterocycles. The summed E-state index contributed by atoms with van der Waals surface area (Å²) in [5, 5.41) is 35.1. The highest BCUT2D eigenvalue weighted by molar-refractivity contribution is 5.71. The topological polar surface area (TPSA) is 167 Å². The molecule has 3 heterocycles. The lowest BCUT2D eigenvalue weighted by Gasteiger charge is -2.37. The fraction of sp³-hybridized carbons (Fsp3) is 0.743. The van der Waals surface area contributed by atoms with Gasteiger partial charge in [0.2, 0.25) is 0 Å². The number of piperazine rings is 1. The van der Waals surface area contributed by atoms with Crippen molar-refractivity contribution in [2.24, 2.45) is 11.8 Å². The molecule has 0 spiro atoms. The van der Waals surface area contributed by atoms with E-state index in [-0.39, 0.29) is 37.4 Å². The summed E-state index contributed by atoms with van der Waals surface area (Å²) >= 11 is 0. The Morgan fingerprint density at radius 2 is 1.94 bits per heavy atom. The molecule has 0 aromatic carbocycles. The number of aliphatic hydroxyl groups is 3. The minimum Gasteiger partial charge on any atom is -0.457 e. The minimum atomic E-state index is -1.30. The number of aliphatic hydroxyl groups excluding tert-OH is 2. The van der Waals surface area contributed by atoms with Gasteiger partial charge in [0, 0.05) is 51.4 Å². The molecule has 0 aliphatic carbocycles. The zero-order chi connectivity index (χ0) is 34.9. The fourth-order valence-corrected chi connectivity index (χ4v) is 6.26. The van der Waals surface area contributed by atoms with Crippen LogP contribution in [0.2, 0.25) is 0 Å². The van der Waals surface area contributed by atoms with Crippen molar-refractivity contribution in [1.82, 2.24) is 10.2 Å². The first-order valence-corrected chi connectivity index (χ1v) is 16.9. The number of epoxide rings is 1. The number of carbonyl (C=O) groups excluding carboxylic acids is 3. The van der Waals surface area contributed by atoms with Crippen molar-refractivity contribution in [3.8, 4) is 0 Å². The molecular formula is C35H56N2O10. The van der Waals surface area contributed by atoms with Crippen molar-refractivity contribution in [2.75, 3.05) is 26.2 Å². The zero-order valence-corrected chi connectivity index (χ0v) is 29.0. The summed E-state index contributed by atoms with van der Waals surface area (Å²) in [7, 11) is 0. The summed E-state index contributed by atoms with van der Waals surface area (Å²) in [5.41, 5.74) is -1.79. The third-order valence-electron chi connectivity index (χ3n) is 9.33. The molecule has 2 saturated heterocycles. The van der Waals surface area contributed by atoms with Crippen LogP contribution in [0.3, 0.4) is 0 Å². The fourth-order valence-electron chi connectivity index (χ4n) is 6.26. The lowest BCUT2D eigenvalue weighted by Crippen LogP contribution is -2.51. The minimum absolute atomic E-state index is 0.0205. The Kier molecular flexibility index (Phi) is 14.0. The molecule has 3 unspecified atom stereocenters. The quantitative estimate of drug-likeness (QED) is 0.0891. The smallest absolute Gasteiger partial charge is 0.410 e. The van der Waals surface area contributed by atoms with Crippen LogP contribution >= 0.6 is 0 Å². The summed E-state index contributed by atoms with van der Waals surface area (Å²) in [6.45, 7) is 14.4. The van der Waals surface area contributed by atoms with E-state index in [1.807, 2.05) is 27.7 Å². The van der Waals surface area contributed by atoms with Gasteiger partial charge < -0.3 is 44.5 Å². The van der Waals surface area contributed by atoms with Crippen LogP contribution < -0.4 is 5.32 Å². The number of allylic oxidation sites excluding steroid dienone is 2. The second-order valence-corrected chi connectivity index (χ2v) is 13.8. The van der Waals surface area contributed by atoms with Gasteiger partial charge >= 0.3 is 18.0 Å². The number of hydrogen-bond donors (Lipinski definition) is 4. The first-order valence-electron chi connectivity index (χ1n) is 16.9. The number of carbonyl (C=O) groups is 3. The van der Waals surface area contributed by atoms with Gasteiger partial charge in [-0.15, -0.1) is 0 Å². The average Bonchev–Trinajstić information content (AvgIpc) is 3.77. The highest BCUT2D eigenvalue weighted by Crippen LogP contribution is 2.37. The summed E-state index contributed by atoms with van der Waals surface area (Å²) in [5.74, 6) is -1.57. The van der Waals surface area contributed by atoms with E-state index in [9.17, 15) is 29.7 Å². The van der Waals surface area contributed by atoms with E-state index in [0.717, 1.165) is 0 Å². The molecule has 10 atom stereocenters. The van der Waals surface area contributed by atoms with Gasteiger partial charge in [-0.3, -0.25) is 9.59 Å². The van der Waals surface area contributed by atoms with Crippen LogP contribution in [0.1, 0.15) is 80.6 Å². The highest BCUT2D eigenvalue weighted by atomic mass is 16.6. The summed E-state index contributed by atoms with van der Waals surface area (Å²) < 4.78 is 23.3. The van der Waals surface area contributed by atoms with E-state index in [2.05, 4.69) is 5.32 Å². The number of ether oxygens (including phenoxy) is 4. The van der Waals surface area contributed by atoms with Gasteiger partial charge in [0.25, 0.3) is 0 Å². The van der Waals surface area contributed by atoms with Crippen molar-refractivity contribution in [1.29, 1.82) is 0 Å². The maximum atomic E-state index is 13.2. The first kappa shape index (κ1) is 38.7. The van der Waals surface area contributed by atoms with E-state index in [0.29, 0.717) is 44.6 Å². The summed E-state index contributed by atoms with van der Waals surface area (Å²) in [6, 6.07) is 0. The molecule has 0 saturated carbocycles. The van der Waals surface area contributed by atoms with Crippen molar-refractivity contribution in [3.63, 3.8) is 0 Å². The Bertz CT molecular complexity index is 1160. The number of hydrogen-bond acceptors (Lipinski definition) is 11. The van der Waals surface area contributed by atoms with Crippen LogP contribution in [-0.4, -0.2) is 112 Å². The predicted octanol–water partition coefficient (Wildman–Crippen LogP) is 3.19. The SMILES string of the molecule is CCC(O)C(C)[C@@H]1O[C@H]1CC(C)(O)/C=C/C=C(\C)[C@H]1OC(=O)C[C@H](O)CC[C@@](C)(OC(C)=O)[C@@H](OC(=O)N2CCNCC2)/C=C/[C@@H]1C. The van der Waals surface area contributed by atoms with E-state index in [4.69, 9.17) is 18.9 Å². The Hall–Kier alpha value is -2.77. The van der Waals surface area contributed by atoms with Crippen molar-refractivity contribution in [3.05, 3.63) is 36.0 Å². The maximum absolute atomic E-state index is 13.2. The number of cyclic esters (lactones) is 1. The zero-order valence-electron chi connectivity index (χ0n) is 29.0. The second kappa shape index (κ2) is 17.1. The molecule has 0 bridgehead atoms. The Balaban J connectivity index is 1.82. The molecule has 0 radical (unpaired) electrons. The van der Waals surface area contributed by atoms with Gasteiger partial charge in [0.1, 0.15) is 11.7 Å². The lowest BCUT2D eigenvalue weighted by atomic mass is 9.88. The van der Waals surface area contributed by atoms with Gasteiger partial charge in [-0.25, -0.2) is 4.79 Å². The van der Waals surface area contributed by atoms with E-state index in [1.54, 1.807) is 49.1 Å². The highest BCUT2D eigenvalue weighted by Gasteiger charge is 2.47. The molecule has 0 aromatic rings. The van der Waals surface area contributed by atoms with E-state index >= 15 is 0 Å². The van der Waals surface area contributed by atoms with Crippen LogP contribution in [0.4, 0.5) is 4.79 Å². The largest absolute Gasteiger partial charge is 0.457 e. The Labute approximate surface area is 279 Å². The Morgan fingerprint density at radius 1 is 1.26 bits per heavy atom. The molecule has 266 valence electrons. The average molecular weight is 665 g/mol. The molecule has 3 rings (SSSR count). The van der Waals surface area contributed by atoms with Crippen LogP contribution in [-0.2, 0) is 28.5 Å². The predicted molar refractivity (Wildman–Crippen MR) is 175 cm³/mol. The van der Waals surface area contributed by atoms with Crippen molar-refractivity contribution < 1.29 is 48.7 Å². The maximum Gasteiger partial charge on any atom is 0.410 e. The first-order chi connectivity index (χ1) is 22.0. The number of nitrogens with zero attached hydrogens (tertiary/aromatic N) is 1. The lowest BCUT2D eigenvalue weighted by molar-refractivity contribution is -0.168. The van der Waals surface area contributed by atoms with Gasteiger partial charge in [-0.2, -0.15) is 0 Å². The molecule has 12 heteroatoms. The molecule has 2 fully saturated rings.